The highest BCUT2D eigenvalue weighted by Gasteiger charge is 2.27. The van der Waals surface area contributed by atoms with Crippen molar-refractivity contribution >= 4 is 11.6 Å². The van der Waals surface area contributed by atoms with Gasteiger partial charge in [0.2, 0.25) is 0 Å². The first-order valence-electron chi connectivity index (χ1n) is 9.01. The molecule has 0 unspecified atom stereocenters. The maximum Gasteiger partial charge on any atom is 0.168 e. The molecule has 0 spiro atoms. The van der Waals surface area contributed by atoms with Crippen molar-refractivity contribution in [3.05, 3.63) is 70.8 Å². The Hall–Kier alpha value is -2.31. The molecule has 142 valence electrons. The third kappa shape index (κ3) is 4.70. The maximum atomic E-state index is 6.42. The van der Waals surface area contributed by atoms with E-state index in [1.54, 1.807) is 6.20 Å². The smallest absolute Gasteiger partial charge is 0.168 e. The van der Waals surface area contributed by atoms with E-state index in [9.17, 15) is 0 Å². The molecule has 1 aromatic carbocycles. The highest BCUT2D eigenvalue weighted by Crippen LogP contribution is 2.27. The minimum absolute atomic E-state index is 0.00398. The van der Waals surface area contributed by atoms with Gasteiger partial charge in [0.1, 0.15) is 0 Å². The molecule has 6 nitrogen and oxygen atoms in total. The van der Waals surface area contributed by atoms with E-state index in [4.69, 9.17) is 11.6 Å². The summed E-state index contributed by atoms with van der Waals surface area (Å²) in [6, 6.07) is 11.9. The molecule has 1 atom stereocenters. The molecule has 7 heteroatoms. The summed E-state index contributed by atoms with van der Waals surface area (Å²) in [6.45, 7) is 9.82. The van der Waals surface area contributed by atoms with Crippen LogP contribution in [0.25, 0.3) is 0 Å². The fourth-order valence-corrected chi connectivity index (χ4v) is 3.19. The molecular weight excluding hydrogens is 360 g/mol. The van der Waals surface area contributed by atoms with Gasteiger partial charge in [0.15, 0.2) is 5.82 Å². The molecule has 0 saturated carbocycles. The minimum atomic E-state index is -0.197. The lowest BCUT2D eigenvalue weighted by Crippen LogP contribution is -2.33. The number of tetrazole rings is 1. The second kappa shape index (κ2) is 8.15. The zero-order valence-corrected chi connectivity index (χ0v) is 16.9. The van der Waals surface area contributed by atoms with Gasteiger partial charge in [-0.05, 0) is 61.4 Å². The molecule has 2 heterocycles. The van der Waals surface area contributed by atoms with Gasteiger partial charge in [0, 0.05) is 30.5 Å². The van der Waals surface area contributed by atoms with Gasteiger partial charge in [-0.2, -0.15) is 0 Å². The molecule has 0 aliphatic heterocycles. The number of halogens is 1. The Morgan fingerprint density at radius 1 is 1.11 bits per heavy atom. The van der Waals surface area contributed by atoms with Gasteiger partial charge in [-0.1, -0.05) is 35.9 Å². The van der Waals surface area contributed by atoms with Crippen molar-refractivity contribution < 1.29 is 0 Å². The molecule has 0 aliphatic carbocycles. The van der Waals surface area contributed by atoms with Crippen molar-refractivity contribution in [2.75, 3.05) is 0 Å². The number of benzene rings is 1. The molecule has 0 aliphatic rings. The summed E-state index contributed by atoms with van der Waals surface area (Å²) < 4.78 is 1.89. The predicted octanol–water partition coefficient (Wildman–Crippen LogP) is 4.24. The summed E-state index contributed by atoms with van der Waals surface area (Å²) >= 11 is 6.42. The Morgan fingerprint density at radius 3 is 2.56 bits per heavy atom. The maximum absolute atomic E-state index is 6.42. The van der Waals surface area contributed by atoms with Crippen LogP contribution in [-0.4, -0.2) is 30.1 Å². The highest BCUT2D eigenvalue weighted by atomic mass is 35.5. The Balaban J connectivity index is 1.94. The van der Waals surface area contributed by atoms with E-state index in [-0.39, 0.29) is 11.6 Å². The molecule has 2 aromatic heterocycles. The van der Waals surface area contributed by atoms with Crippen LogP contribution in [0.1, 0.15) is 50.7 Å². The monoisotopic (exact) mass is 384 g/mol. The lowest BCUT2D eigenvalue weighted by Gasteiger charge is -2.31. The summed E-state index contributed by atoms with van der Waals surface area (Å²) in [4.78, 5) is 6.55. The van der Waals surface area contributed by atoms with Crippen molar-refractivity contribution in [3.63, 3.8) is 0 Å². The average molecular weight is 385 g/mol. The summed E-state index contributed by atoms with van der Waals surface area (Å²) in [6.07, 6.45) is 3.67. The van der Waals surface area contributed by atoms with Gasteiger partial charge >= 0.3 is 0 Å². The molecule has 0 amide bonds. The zero-order chi connectivity index (χ0) is 19.4. The fourth-order valence-electron chi connectivity index (χ4n) is 3.00. The van der Waals surface area contributed by atoms with Gasteiger partial charge in [-0.3, -0.25) is 9.88 Å². The summed E-state index contributed by atoms with van der Waals surface area (Å²) in [7, 11) is 0. The first-order valence-corrected chi connectivity index (χ1v) is 9.39. The van der Waals surface area contributed by atoms with Gasteiger partial charge in [-0.25, -0.2) is 4.68 Å². The fraction of sp³-hybridized carbons (Fsp3) is 0.400. The van der Waals surface area contributed by atoms with Gasteiger partial charge in [0.25, 0.3) is 0 Å². The number of pyridine rings is 1. The number of hydrogen-bond donors (Lipinski definition) is 0. The standard InChI is InChI=1S/C20H25ClN6/c1-15(19-23-24-25-27(19)20(2,3)4)26(13-16-8-7-11-22-12-16)14-17-9-5-6-10-18(17)21/h5-12,15H,13-14H2,1-4H3/t15-/m0/s1. The topological polar surface area (TPSA) is 59.7 Å². The van der Waals surface area contributed by atoms with E-state index in [1.807, 2.05) is 35.1 Å². The molecule has 27 heavy (non-hydrogen) atoms. The van der Waals surface area contributed by atoms with Crippen LogP contribution < -0.4 is 0 Å². The van der Waals surface area contributed by atoms with Crippen LogP contribution in [0, 0.1) is 0 Å². The Bertz CT molecular complexity index is 871. The van der Waals surface area contributed by atoms with Crippen LogP contribution in [0.2, 0.25) is 5.02 Å². The number of aromatic nitrogens is 5. The van der Waals surface area contributed by atoms with Crippen molar-refractivity contribution in [1.82, 2.24) is 30.1 Å². The third-order valence-electron chi connectivity index (χ3n) is 4.49. The van der Waals surface area contributed by atoms with Gasteiger partial charge in [-0.15, -0.1) is 5.10 Å². The molecule has 0 bridgehead atoms. The first kappa shape index (κ1) is 19.5. The van der Waals surface area contributed by atoms with Crippen LogP contribution in [0.3, 0.4) is 0 Å². The summed E-state index contributed by atoms with van der Waals surface area (Å²) in [5.74, 6) is 0.832. The first-order chi connectivity index (χ1) is 12.9. The van der Waals surface area contributed by atoms with Crippen LogP contribution in [-0.2, 0) is 18.6 Å². The number of nitrogens with zero attached hydrogens (tertiary/aromatic N) is 6. The zero-order valence-electron chi connectivity index (χ0n) is 16.2. The SMILES string of the molecule is C[C@@H](c1nnnn1C(C)(C)C)N(Cc1cccnc1)Cc1ccccc1Cl. The van der Waals surface area contributed by atoms with Crippen LogP contribution >= 0.6 is 11.6 Å². The largest absolute Gasteiger partial charge is 0.285 e. The molecule has 3 aromatic rings. The molecule has 3 rings (SSSR count). The van der Waals surface area contributed by atoms with E-state index >= 15 is 0 Å². The lowest BCUT2D eigenvalue weighted by atomic mass is 10.1. The van der Waals surface area contributed by atoms with E-state index in [0.29, 0.717) is 6.54 Å². The third-order valence-corrected chi connectivity index (χ3v) is 4.86. The van der Waals surface area contributed by atoms with E-state index < -0.39 is 0 Å². The number of hydrogen-bond acceptors (Lipinski definition) is 5. The van der Waals surface area contributed by atoms with E-state index in [0.717, 1.165) is 28.5 Å². The predicted molar refractivity (Wildman–Crippen MR) is 106 cm³/mol. The van der Waals surface area contributed by atoms with Gasteiger partial charge in [0.05, 0.1) is 11.6 Å². The van der Waals surface area contributed by atoms with Crippen molar-refractivity contribution in [3.8, 4) is 0 Å². The quantitative estimate of drug-likeness (QED) is 0.636. The average Bonchev–Trinajstić information content (AvgIpc) is 3.13. The van der Waals surface area contributed by atoms with Gasteiger partial charge < -0.3 is 0 Å². The second-order valence-electron chi connectivity index (χ2n) is 7.65. The van der Waals surface area contributed by atoms with Crippen molar-refractivity contribution in [1.29, 1.82) is 0 Å². The summed E-state index contributed by atoms with van der Waals surface area (Å²) in [5.41, 5.74) is 2.01. The van der Waals surface area contributed by atoms with Crippen LogP contribution in [0.15, 0.2) is 48.8 Å². The number of rotatable bonds is 6. The molecule has 0 saturated heterocycles. The van der Waals surface area contributed by atoms with Crippen LogP contribution in [0.5, 0.6) is 0 Å². The van der Waals surface area contributed by atoms with E-state index in [1.165, 1.54) is 0 Å². The molecule has 0 radical (unpaired) electrons. The molecule has 0 N–H and O–H groups in total. The van der Waals surface area contributed by atoms with Crippen molar-refractivity contribution in [2.45, 2.75) is 52.4 Å². The Kier molecular flexibility index (Phi) is 5.87. The molecule has 0 fully saturated rings. The minimum Gasteiger partial charge on any atom is -0.285 e. The second-order valence-corrected chi connectivity index (χ2v) is 8.06. The van der Waals surface area contributed by atoms with Crippen molar-refractivity contribution in [2.24, 2.45) is 0 Å². The van der Waals surface area contributed by atoms with E-state index in [2.05, 4.69) is 65.2 Å². The highest BCUT2D eigenvalue weighted by molar-refractivity contribution is 6.31. The molecular formula is C20H25ClN6. The Morgan fingerprint density at radius 2 is 1.89 bits per heavy atom. The van der Waals surface area contributed by atoms with Crippen LogP contribution in [0.4, 0.5) is 0 Å². The summed E-state index contributed by atoms with van der Waals surface area (Å²) in [5, 5.41) is 13.2. The Labute approximate surface area is 165 Å². The lowest BCUT2D eigenvalue weighted by molar-refractivity contribution is 0.171. The normalized spacial score (nSPS) is 13.1.